The molecule has 0 radical (unpaired) electrons. The Kier molecular flexibility index (Phi) is 7.28. The fraction of sp³-hybridized carbons (Fsp3) is 0.455. The summed E-state index contributed by atoms with van der Waals surface area (Å²) in [7, 11) is 3.76. The van der Waals surface area contributed by atoms with E-state index in [-0.39, 0.29) is 6.10 Å². The summed E-state index contributed by atoms with van der Waals surface area (Å²) in [6.07, 6.45) is 3.03. The molecule has 1 unspecified atom stereocenters. The maximum absolute atomic E-state index is 5.36. The first-order chi connectivity index (χ1) is 14.0. The van der Waals surface area contributed by atoms with Crippen LogP contribution < -0.4 is 5.32 Å². The molecule has 2 heterocycles. The molecule has 0 spiro atoms. The maximum atomic E-state index is 5.36. The molecule has 1 aromatic carbocycles. The monoisotopic (exact) mass is 413 g/mol. The van der Waals surface area contributed by atoms with Crippen molar-refractivity contribution in [3.8, 4) is 0 Å². The Morgan fingerprint density at radius 3 is 3.00 bits per heavy atom. The highest BCUT2D eigenvalue weighted by Gasteiger charge is 2.13. The molecule has 1 atom stereocenters. The number of thiazole rings is 1. The van der Waals surface area contributed by atoms with Crippen LogP contribution in [0, 0.1) is 6.92 Å². The molecular weight excluding hydrogens is 382 g/mol. The zero-order valence-corrected chi connectivity index (χ0v) is 18.8. The fourth-order valence-electron chi connectivity index (χ4n) is 3.26. The van der Waals surface area contributed by atoms with Gasteiger partial charge in [-0.05, 0) is 44.4 Å². The summed E-state index contributed by atoms with van der Waals surface area (Å²) in [6.45, 7) is 8.50. The van der Waals surface area contributed by atoms with E-state index in [1.54, 1.807) is 18.4 Å². The highest BCUT2D eigenvalue weighted by molar-refractivity contribution is 7.09. The van der Waals surface area contributed by atoms with Crippen molar-refractivity contribution in [1.82, 2.24) is 20.2 Å². The Morgan fingerprint density at radius 1 is 1.41 bits per heavy atom. The van der Waals surface area contributed by atoms with Crippen molar-refractivity contribution >= 4 is 28.2 Å². The lowest BCUT2D eigenvalue weighted by Gasteiger charge is -2.21. The highest BCUT2D eigenvalue weighted by Crippen LogP contribution is 2.21. The van der Waals surface area contributed by atoms with Crippen LogP contribution in [0.25, 0.3) is 10.9 Å². The molecule has 0 aliphatic heterocycles. The number of nitrogens with zero attached hydrogens (tertiary/aromatic N) is 3. The largest absolute Gasteiger partial charge is 0.375 e. The van der Waals surface area contributed by atoms with Gasteiger partial charge in [0.1, 0.15) is 11.1 Å². The second kappa shape index (κ2) is 9.89. The summed E-state index contributed by atoms with van der Waals surface area (Å²) in [5, 5.41) is 7.77. The molecule has 0 amide bonds. The normalized spacial score (nSPS) is 13.1. The number of guanidine groups is 1. The third-order valence-corrected chi connectivity index (χ3v) is 5.99. The molecule has 0 fully saturated rings. The molecule has 29 heavy (non-hydrogen) atoms. The number of aryl methyl sites for hydroxylation is 1. The Labute approximate surface area is 177 Å². The number of H-pyrrole nitrogens is 1. The van der Waals surface area contributed by atoms with Crippen LogP contribution in [0.4, 0.5) is 0 Å². The Hall–Kier alpha value is -2.38. The summed E-state index contributed by atoms with van der Waals surface area (Å²) >= 11 is 1.64. The van der Waals surface area contributed by atoms with Gasteiger partial charge in [0.05, 0.1) is 12.2 Å². The lowest BCUT2D eigenvalue weighted by molar-refractivity contribution is 0.119. The minimum atomic E-state index is 0.0286. The molecule has 0 aliphatic rings. The van der Waals surface area contributed by atoms with Gasteiger partial charge >= 0.3 is 0 Å². The van der Waals surface area contributed by atoms with Crippen molar-refractivity contribution in [1.29, 1.82) is 0 Å². The second-order valence-electron chi connectivity index (χ2n) is 7.26. The Balaban J connectivity index is 1.64. The number of fused-ring (bicyclic) bond motifs is 1. The second-order valence-corrected chi connectivity index (χ2v) is 8.15. The van der Waals surface area contributed by atoms with Gasteiger partial charge in [0.2, 0.25) is 0 Å². The number of nitrogens with one attached hydrogen (secondary N) is 2. The number of hydrogen-bond donors (Lipinski definition) is 2. The first-order valence-corrected chi connectivity index (χ1v) is 10.9. The van der Waals surface area contributed by atoms with Crippen LogP contribution in [-0.4, -0.2) is 48.1 Å². The van der Waals surface area contributed by atoms with Gasteiger partial charge in [-0.2, -0.15) is 0 Å². The molecule has 0 aliphatic carbocycles. The van der Waals surface area contributed by atoms with Crippen LogP contribution in [0.2, 0.25) is 0 Å². The average molecular weight is 414 g/mol. The molecule has 0 saturated heterocycles. The zero-order valence-electron chi connectivity index (χ0n) is 18.0. The first-order valence-electron chi connectivity index (χ1n) is 10.0. The smallest absolute Gasteiger partial charge is 0.194 e. The van der Waals surface area contributed by atoms with E-state index in [2.05, 4.69) is 65.9 Å². The molecule has 3 aromatic rings. The van der Waals surface area contributed by atoms with Crippen LogP contribution >= 0.6 is 11.3 Å². The summed E-state index contributed by atoms with van der Waals surface area (Å²) in [5.41, 5.74) is 4.80. The molecule has 0 bridgehead atoms. The SMILES string of the molecule is CCNC(=NCCc1c[nH]c2cc(C)ccc12)N(C)Cc1csc(C(C)OC)n1. The van der Waals surface area contributed by atoms with Gasteiger partial charge in [0.25, 0.3) is 0 Å². The number of aromatic nitrogens is 2. The van der Waals surface area contributed by atoms with Crippen LogP contribution in [0.15, 0.2) is 34.8 Å². The van der Waals surface area contributed by atoms with Crippen molar-refractivity contribution in [3.63, 3.8) is 0 Å². The first kappa shape index (κ1) is 21.3. The van der Waals surface area contributed by atoms with E-state index in [0.717, 1.165) is 36.2 Å². The Bertz CT molecular complexity index is 961. The van der Waals surface area contributed by atoms with Crippen molar-refractivity contribution in [3.05, 3.63) is 51.6 Å². The van der Waals surface area contributed by atoms with Crippen LogP contribution in [-0.2, 0) is 17.7 Å². The number of benzene rings is 1. The predicted molar refractivity (Wildman–Crippen MR) is 122 cm³/mol. The van der Waals surface area contributed by atoms with Crippen LogP contribution in [0.1, 0.15) is 41.8 Å². The van der Waals surface area contributed by atoms with E-state index in [0.29, 0.717) is 6.54 Å². The third-order valence-electron chi connectivity index (χ3n) is 4.93. The highest BCUT2D eigenvalue weighted by atomic mass is 32.1. The summed E-state index contributed by atoms with van der Waals surface area (Å²) in [5.74, 6) is 0.900. The lowest BCUT2D eigenvalue weighted by atomic mass is 10.1. The molecule has 156 valence electrons. The predicted octanol–water partition coefficient (Wildman–Crippen LogP) is 4.28. The van der Waals surface area contributed by atoms with Gasteiger partial charge in [0, 0.05) is 49.7 Å². The summed E-state index contributed by atoms with van der Waals surface area (Å²) < 4.78 is 5.36. The van der Waals surface area contributed by atoms with Crippen molar-refractivity contribution in [2.75, 3.05) is 27.2 Å². The van der Waals surface area contributed by atoms with Gasteiger partial charge in [-0.1, -0.05) is 12.1 Å². The molecule has 0 saturated carbocycles. The van der Waals surface area contributed by atoms with Crippen LogP contribution in [0.5, 0.6) is 0 Å². The summed E-state index contributed by atoms with van der Waals surface area (Å²) in [6, 6.07) is 6.54. The minimum Gasteiger partial charge on any atom is -0.375 e. The number of aromatic amines is 1. The van der Waals surface area contributed by atoms with Crippen molar-refractivity contribution in [2.45, 2.75) is 39.8 Å². The maximum Gasteiger partial charge on any atom is 0.194 e. The van der Waals surface area contributed by atoms with Gasteiger partial charge in [-0.3, -0.25) is 4.99 Å². The zero-order chi connectivity index (χ0) is 20.8. The van der Waals surface area contributed by atoms with E-state index in [4.69, 9.17) is 14.7 Å². The summed E-state index contributed by atoms with van der Waals surface area (Å²) in [4.78, 5) is 15.0. The van der Waals surface area contributed by atoms with E-state index >= 15 is 0 Å². The Morgan fingerprint density at radius 2 is 2.24 bits per heavy atom. The van der Waals surface area contributed by atoms with E-state index in [9.17, 15) is 0 Å². The number of methoxy groups -OCH3 is 1. The average Bonchev–Trinajstić information content (AvgIpc) is 3.33. The lowest BCUT2D eigenvalue weighted by Crippen LogP contribution is -2.38. The van der Waals surface area contributed by atoms with Gasteiger partial charge < -0.3 is 19.9 Å². The number of hydrogen-bond acceptors (Lipinski definition) is 4. The third kappa shape index (κ3) is 5.36. The topological polar surface area (TPSA) is 65.5 Å². The number of ether oxygens (including phenoxy) is 1. The standard InChI is InChI=1S/C22H31N5OS/c1-6-23-22(27(4)13-18-14-29-21(26-18)16(3)28-5)24-10-9-17-12-25-20-11-15(2)7-8-19(17)20/h7-8,11-12,14,16,25H,6,9-10,13H2,1-5H3,(H,23,24). The molecular formula is C22H31N5OS. The molecule has 3 rings (SSSR count). The number of aliphatic imine (C=N–C) groups is 1. The fourth-order valence-corrected chi connectivity index (χ4v) is 4.10. The molecule has 2 aromatic heterocycles. The van der Waals surface area contributed by atoms with Crippen molar-refractivity contribution in [2.24, 2.45) is 4.99 Å². The molecule has 7 heteroatoms. The van der Waals surface area contributed by atoms with E-state index in [1.807, 2.05) is 6.92 Å². The molecule has 6 nitrogen and oxygen atoms in total. The van der Waals surface area contributed by atoms with E-state index in [1.165, 1.54) is 22.0 Å². The van der Waals surface area contributed by atoms with Crippen molar-refractivity contribution < 1.29 is 4.74 Å². The minimum absolute atomic E-state index is 0.0286. The van der Waals surface area contributed by atoms with Gasteiger partial charge in [0.15, 0.2) is 5.96 Å². The van der Waals surface area contributed by atoms with Gasteiger partial charge in [-0.15, -0.1) is 11.3 Å². The van der Waals surface area contributed by atoms with Gasteiger partial charge in [-0.25, -0.2) is 4.98 Å². The van der Waals surface area contributed by atoms with Crippen LogP contribution in [0.3, 0.4) is 0 Å². The van der Waals surface area contributed by atoms with E-state index < -0.39 is 0 Å². The quantitative estimate of drug-likeness (QED) is 0.427. The number of rotatable bonds is 8. The molecule has 2 N–H and O–H groups in total.